The Balaban J connectivity index is 2.32. The highest BCUT2D eigenvalue weighted by Gasteiger charge is 2.53. The van der Waals surface area contributed by atoms with Gasteiger partial charge in [-0.15, -0.1) is 0 Å². The van der Waals surface area contributed by atoms with Crippen LogP contribution >= 0.6 is 0 Å². The van der Waals surface area contributed by atoms with Crippen molar-refractivity contribution in [3.05, 3.63) is 0 Å². The molecule has 2 atom stereocenters. The summed E-state index contributed by atoms with van der Waals surface area (Å²) in [7, 11) is -2.92. The molecule has 0 spiro atoms. The zero-order chi connectivity index (χ0) is 8.82. The molecule has 2 saturated heterocycles. The molecule has 0 saturated carbocycles. The van der Waals surface area contributed by atoms with Crippen LogP contribution in [0.25, 0.3) is 0 Å². The number of sulfone groups is 1. The normalized spacial score (nSPS) is 44.6. The van der Waals surface area contributed by atoms with Gasteiger partial charge in [0.15, 0.2) is 9.84 Å². The van der Waals surface area contributed by atoms with Crippen LogP contribution in [0.1, 0.15) is 0 Å². The molecule has 2 fully saturated rings. The maximum absolute atomic E-state index is 11.2. The van der Waals surface area contributed by atoms with Gasteiger partial charge in [-0.3, -0.25) is 0 Å². The molecular weight excluding hydrogens is 180 g/mol. The van der Waals surface area contributed by atoms with Crippen molar-refractivity contribution < 1.29 is 18.3 Å². The van der Waals surface area contributed by atoms with E-state index in [1.54, 1.807) is 0 Å². The molecule has 0 aromatic heterocycles. The van der Waals surface area contributed by atoms with Gasteiger partial charge in [-0.05, 0) is 0 Å². The second-order valence-corrected chi connectivity index (χ2v) is 5.90. The van der Waals surface area contributed by atoms with Gasteiger partial charge >= 0.3 is 0 Å². The highest BCUT2D eigenvalue weighted by molar-refractivity contribution is 7.91. The Labute approximate surface area is 71.5 Å². The third-order valence-electron chi connectivity index (χ3n) is 2.85. The van der Waals surface area contributed by atoms with Crippen LogP contribution in [0.3, 0.4) is 0 Å². The maximum Gasteiger partial charge on any atom is 0.151 e. The van der Waals surface area contributed by atoms with Crippen LogP contribution < -0.4 is 0 Å². The number of aliphatic hydroxyl groups is 1. The summed E-state index contributed by atoms with van der Waals surface area (Å²) in [5.74, 6) is 0.307. The van der Waals surface area contributed by atoms with Gasteiger partial charge in [-0.2, -0.15) is 0 Å². The van der Waals surface area contributed by atoms with Crippen LogP contribution in [-0.2, 0) is 14.6 Å². The summed E-state index contributed by atoms with van der Waals surface area (Å²) in [6, 6.07) is 0. The summed E-state index contributed by atoms with van der Waals surface area (Å²) >= 11 is 0. The average Bonchev–Trinajstić information content (AvgIpc) is 2.40. The van der Waals surface area contributed by atoms with E-state index in [1.165, 1.54) is 0 Å². The minimum absolute atomic E-state index is 0.0208. The van der Waals surface area contributed by atoms with Gasteiger partial charge in [0.25, 0.3) is 0 Å². The van der Waals surface area contributed by atoms with Gasteiger partial charge in [-0.1, -0.05) is 0 Å². The molecule has 70 valence electrons. The highest BCUT2D eigenvalue weighted by atomic mass is 32.2. The maximum atomic E-state index is 11.2. The van der Waals surface area contributed by atoms with Crippen molar-refractivity contribution in [1.82, 2.24) is 0 Å². The van der Waals surface area contributed by atoms with E-state index in [0.717, 1.165) is 0 Å². The van der Waals surface area contributed by atoms with Gasteiger partial charge in [0.05, 0.1) is 31.3 Å². The van der Waals surface area contributed by atoms with Crippen molar-refractivity contribution in [3.63, 3.8) is 0 Å². The zero-order valence-corrected chi connectivity index (χ0v) is 7.51. The predicted octanol–water partition coefficient (Wildman–Crippen LogP) is -0.960. The Morgan fingerprint density at radius 1 is 1.58 bits per heavy atom. The molecule has 0 aromatic carbocycles. The van der Waals surface area contributed by atoms with Crippen molar-refractivity contribution in [2.45, 2.75) is 0 Å². The minimum Gasteiger partial charge on any atom is -0.396 e. The molecule has 0 radical (unpaired) electrons. The molecule has 2 aliphatic heterocycles. The van der Waals surface area contributed by atoms with Gasteiger partial charge in [0, 0.05) is 11.3 Å². The number of hydrogen-bond acceptors (Lipinski definition) is 4. The lowest BCUT2D eigenvalue weighted by Gasteiger charge is -2.21. The largest absolute Gasteiger partial charge is 0.396 e. The molecule has 5 heteroatoms. The number of ether oxygens (including phenoxy) is 1. The van der Waals surface area contributed by atoms with Gasteiger partial charge < -0.3 is 9.84 Å². The molecule has 2 rings (SSSR count). The van der Waals surface area contributed by atoms with Gasteiger partial charge in [0.2, 0.25) is 0 Å². The average molecular weight is 192 g/mol. The van der Waals surface area contributed by atoms with Crippen molar-refractivity contribution in [3.8, 4) is 0 Å². The van der Waals surface area contributed by atoms with Crippen LogP contribution in [0.4, 0.5) is 0 Å². The molecule has 12 heavy (non-hydrogen) atoms. The Hall–Kier alpha value is -0.130. The van der Waals surface area contributed by atoms with E-state index in [2.05, 4.69) is 0 Å². The minimum atomic E-state index is -2.92. The lowest BCUT2D eigenvalue weighted by Crippen LogP contribution is -2.32. The number of fused-ring (bicyclic) bond motifs is 1. The molecule has 1 N–H and O–H groups in total. The zero-order valence-electron chi connectivity index (χ0n) is 6.69. The fourth-order valence-corrected chi connectivity index (χ4v) is 4.57. The Bertz CT molecular complexity index is 284. The number of aliphatic hydroxyl groups excluding tert-OH is 1. The first-order valence-electron chi connectivity index (χ1n) is 3.97. The molecular formula is C7H12O4S. The quantitative estimate of drug-likeness (QED) is 0.581. The van der Waals surface area contributed by atoms with E-state index in [0.29, 0.717) is 13.2 Å². The Kier molecular flexibility index (Phi) is 1.72. The second-order valence-electron chi connectivity index (χ2n) is 3.79. The highest BCUT2D eigenvalue weighted by Crippen LogP contribution is 2.41. The summed E-state index contributed by atoms with van der Waals surface area (Å²) in [5, 5.41) is 9.11. The Morgan fingerprint density at radius 2 is 2.33 bits per heavy atom. The smallest absolute Gasteiger partial charge is 0.151 e. The Morgan fingerprint density at radius 3 is 2.92 bits per heavy atom. The summed E-state index contributed by atoms with van der Waals surface area (Å²) in [5.41, 5.74) is -0.473. The lowest BCUT2D eigenvalue weighted by molar-refractivity contribution is 0.104. The second kappa shape index (κ2) is 2.43. The van der Waals surface area contributed by atoms with E-state index >= 15 is 0 Å². The first kappa shape index (κ1) is 8.47. The molecule has 0 bridgehead atoms. The standard InChI is InChI=1S/C7H12O4S/c8-3-7-4-11-1-6(7)2-12(9,10)5-7/h6,8H,1-5H2/t6-,7+/m0/s1. The van der Waals surface area contributed by atoms with Crippen molar-refractivity contribution >= 4 is 9.84 Å². The van der Waals surface area contributed by atoms with Gasteiger partial charge in [0.1, 0.15) is 0 Å². The first-order valence-corrected chi connectivity index (χ1v) is 5.79. The molecule has 4 nitrogen and oxygen atoms in total. The van der Waals surface area contributed by atoms with E-state index < -0.39 is 15.3 Å². The van der Waals surface area contributed by atoms with E-state index in [4.69, 9.17) is 9.84 Å². The third-order valence-corrected chi connectivity index (χ3v) is 4.78. The van der Waals surface area contributed by atoms with Crippen LogP contribution in [-0.4, -0.2) is 44.9 Å². The number of hydrogen-bond donors (Lipinski definition) is 1. The van der Waals surface area contributed by atoms with Crippen molar-refractivity contribution in [2.75, 3.05) is 31.3 Å². The SMILES string of the molecule is O=S1(=O)C[C@@H]2COC[C@]2(CO)C1. The molecule has 0 aliphatic carbocycles. The van der Waals surface area contributed by atoms with Gasteiger partial charge in [-0.25, -0.2) is 8.42 Å². The molecule has 2 heterocycles. The van der Waals surface area contributed by atoms with Crippen LogP contribution in [0, 0.1) is 11.3 Å². The predicted molar refractivity (Wildman–Crippen MR) is 42.5 cm³/mol. The van der Waals surface area contributed by atoms with Crippen LogP contribution in [0.15, 0.2) is 0 Å². The van der Waals surface area contributed by atoms with E-state index in [-0.39, 0.29) is 24.0 Å². The van der Waals surface area contributed by atoms with E-state index in [1.807, 2.05) is 0 Å². The monoisotopic (exact) mass is 192 g/mol. The first-order chi connectivity index (χ1) is 5.58. The summed E-state index contributed by atoms with van der Waals surface area (Å²) < 4.78 is 27.7. The molecule has 0 unspecified atom stereocenters. The molecule has 2 aliphatic rings. The third kappa shape index (κ3) is 1.08. The summed E-state index contributed by atoms with van der Waals surface area (Å²) in [6.07, 6.45) is 0. The number of rotatable bonds is 1. The topological polar surface area (TPSA) is 63.6 Å². The fraction of sp³-hybridized carbons (Fsp3) is 1.00. The lowest BCUT2D eigenvalue weighted by atomic mass is 9.82. The van der Waals surface area contributed by atoms with E-state index in [9.17, 15) is 8.42 Å². The van der Waals surface area contributed by atoms with Crippen molar-refractivity contribution in [2.24, 2.45) is 11.3 Å². The fourth-order valence-electron chi connectivity index (χ4n) is 2.11. The van der Waals surface area contributed by atoms with Crippen LogP contribution in [0.2, 0.25) is 0 Å². The van der Waals surface area contributed by atoms with Crippen LogP contribution in [0.5, 0.6) is 0 Å². The van der Waals surface area contributed by atoms with Crippen molar-refractivity contribution in [1.29, 1.82) is 0 Å². The summed E-state index contributed by atoms with van der Waals surface area (Å²) in [6.45, 7) is 0.810. The molecule has 0 amide bonds. The summed E-state index contributed by atoms with van der Waals surface area (Å²) in [4.78, 5) is 0. The molecule has 0 aromatic rings.